The zero-order chi connectivity index (χ0) is 22.4. The molecule has 0 amide bonds. The van der Waals surface area contributed by atoms with Gasteiger partial charge in [0.25, 0.3) is 0 Å². The van der Waals surface area contributed by atoms with Gasteiger partial charge in [-0.3, -0.25) is 0 Å². The Kier molecular flexibility index (Phi) is 6.91. The van der Waals surface area contributed by atoms with Crippen LogP contribution in [0.1, 0.15) is 27.0 Å². The fourth-order valence-corrected chi connectivity index (χ4v) is 3.14. The molecule has 3 rings (SSSR count). The lowest BCUT2D eigenvalue weighted by molar-refractivity contribution is 0.0697. The number of allylic oxidation sites excluding steroid dienone is 1. The molecule has 0 radical (unpaired) electrons. The number of halogens is 2. The number of benzene rings is 3. The zero-order valence-electron chi connectivity index (χ0n) is 16.4. The summed E-state index contributed by atoms with van der Waals surface area (Å²) in [5.41, 5.74) is 1.96. The number of rotatable bonds is 7. The Labute approximate surface area is 183 Å². The van der Waals surface area contributed by atoms with Gasteiger partial charge in [0, 0.05) is 5.56 Å². The fourth-order valence-electron chi connectivity index (χ4n) is 2.87. The average molecular weight is 438 g/mol. The maximum atomic E-state index is 13.8. The van der Waals surface area contributed by atoms with Crippen molar-refractivity contribution in [2.45, 2.75) is 6.61 Å². The average Bonchev–Trinajstić information content (AvgIpc) is 2.77. The summed E-state index contributed by atoms with van der Waals surface area (Å²) in [7, 11) is 1.45. The Bertz CT molecular complexity index is 1180. The van der Waals surface area contributed by atoms with Gasteiger partial charge >= 0.3 is 5.97 Å². The highest BCUT2D eigenvalue weighted by Gasteiger charge is 2.14. The molecule has 3 aromatic carbocycles. The number of methoxy groups -OCH3 is 1. The first-order valence-corrected chi connectivity index (χ1v) is 9.50. The highest BCUT2D eigenvalue weighted by molar-refractivity contribution is 6.32. The van der Waals surface area contributed by atoms with E-state index in [1.807, 2.05) is 0 Å². The molecular weight excluding hydrogens is 421 g/mol. The van der Waals surface area contributed by atoms with Crippen LogP contribution in [-0.2, 0) is 6.61 Å². The van der Waals surface area contributed by atoms with Crippen molar-refractivity contribution in [3.63, 3.8) is 0 Å². The Morgan fingerprint density at radius 3 is 2.45 bits per heavy atom. The number of ether oxygens (including phenoxy) is 2. The van der Waals surface area contributed by atoms with Crippen LogP contribution in [0.15, 0.2) is 60.7 Å². The van der Waals surface area contributed by atoms with E-state index in [-0.39, 0.29) is 28.8 Å². The van der Waals surface area contributed by atoms with Crippen LogP contribution in [0.5, 0.6) is 11.5 Å². The standard InChI is InChI=1S/C24H17ClFNO4/c1-30-22-12-15(10-19(13-27)16-6-8-17(9-7-16)24(28)29)11-20(25)23(22)31-14-18-4-2-3-5-21(18)26/h2-12H,14H2,1H3,(H,28,29)/b19-10-. The predicted molar refractivity (Wildman–Crippen MR) is 116 cm³/mol. The summed E-state index contributed by atoms with van der Waals surface area (Å²) in [6.07, 6.45) is 1.60. The number of carboxylic acid groups (broad SMARTS) is 1. The SMILES string of the molecule is COc1cc(/C=C(/C#N)c2ccc(C(=O)O)cc2)cc(Cl)c1OCc1ccccc1F. The lowest BCUT2D eigenvalue weighted by Gasteiger charge is -2.14. The second kappa shape index (κ2) is 9.79. The van der Waals surface area contributed by atoms with E-state index >= 15 is 0 Å². The van der Waals surface area contributed by atoms with Crippen molar-refractivity contribution in [3.8, 4) is 17.6 Å². The lowest BCUT2D eigenvalue weighted by atomic mass is 10.0. The smallest absolute Gasteiger partial charge is 0.335 e. The van der Waals surface area contributed by atoms with Crippen molar-refractivity contribution in [2.24, 2.45) is 0 Å². The van der Waals surface area contributed by atoms with Crippen LogP contribution in [-0.4, -0.2) is 18.2 Å². The summed E-state index contributed by atoms with van der Waals surface area (Å²) in [4.78, 5) is 11.0. The minimum atomic E-state index is -1.04. The monoisotopic (exact) mass is 437 g/mol. The van der Waals surface area contributed by atoms with Crippen molar-refractivity contribution in [2.75, 3.05) is 7.11 Å². The van der Waals surface area contributed by atoms with Crippen molar-refractivity contribution >= 4 is 29.2 Å². The molecule has 0 heterocycles. The molecular formula is C24H17ClFNO4. The van der Waals surface area contributed by atoms with Crippen LogP contribution in [0.2, 0.25) is 5.02 Å². The lowest BCUT2D eigenvalue weighted by Crippen LogP contribution is -2.01. The Morgan fingerprint density at radius 1 is 1.16 bits per heavy atom. The van der Waals surface area contributed by atoms with Crippen molar-refractivity contribution in [3.05, 3.63) is 93.8 Å². The van der Waals surface area contributed by atoms with Crippen LogP contribution < -0.4 is 9.47 Å². The molecule has 0 atom stereocenters. The van der Waals surface area contributed by atoms with E-state index in [9.17, 15) is 14.4 Å². The van der Waals surface area contributed by atoms with Gasteiger partial charge < -0.3 is 14.6 Å². The number of nitriles is 1. The number of carboxylic acids is 1. The first-order valence-electron chi connectivity index (χ1n) is 9.12. The summed E-state index contributed by atoms with van der Waals surface area (Å²) in [5, 5.41) is 18.8. The van der Waals surface area contributed by atoms with Crippen molar-refractivity contribution in [1.29, 1.82) is 5.26 Å². The van der Waals surface area contributed by atoms with Crippen LogP contribution in [0, 0.1) is 17.1 Å². The first-order chi connectivity index (χ1) is 14.9. The molecule has 1 N–H and O–H groups in total. The molecule has 0 unspecified atom stereocenters. The van der Waals surface area contributed by atoms with Gasteiger partial charge in [-0.15, -0.1) is 0 Å². The summed E-state index contributed by atoms with van der Waals surface area (Å²) in [6, 6.07) is 17.6. The van der Waals surface area contributed by atoms with Gasteiger partial charge in [-0.05, 0) is 47.5 Å². The molecule has 7 heteroatoms. The third-order valence-electron chi connectivity index (χ3n) is 4.46. The van der Waals surface area contributed by atoms with Crippen LogP contribution >= 0.6 is 11.6 Å². The molecule has 0 spiro atoms. The summed E-state index contributed by atoms with van der Waals surface area (Å²) in [6.45, 7) is -0.0304. The summed E-state index contributed by atoms with van der Waals surface area (Å²) in [5.74, 6) is -0.844. The second-order valence-electron chi connectivity index (χ2n) is 6.47. The predicted octanol–water partition coefficient (Wildman–Crippen LogP) is 5.83. The van der Waals surface area contributed by atoms with Gasteiger partial charge in [0.15, 0.2) is 11.5 Å². The van der Waals surface area contributed by atoms with E-state index in [1.54, 1.807) is 48.5 Å². The van der Waals surface area contributed by atoms with E-state index < -0.39 is 5.97 Å². The van der Waals surface area contributed by atoms with E-state index in [1.165, 1.54) is 25.3 Å². The molecule has 0 aliphatic carbocycles. The summed E-state index contributed by atoms with van der Waals surface area (Å²) >= 11 is 6.37. The summed E-state index contributed by atoms with van der Waals surface area (Å²) < 4.78 is 24.9. The molecule has 0 fully saturated rings. The third kappa shape index (κ3) is 5.21. The Morgan fingerprint density at radius 2 is 1.84 bits per heavy atom. The molecule has 5 nitrogen and oxygen atoms in total. The molecule has 0 aliphatic rings. The van der Waals surface area contributed by atoms with E-state index in [4.69, 9.17) is 26.2 Å². The maximum Gasteiger partial charge on any atom is 0.335 e. The van der Waals surface area contributed by atoms with E-state index in [0.717, 1.165) is 0 Å². The molecule has 31 heavy (non-hydrogen) atoms. The Hall–Kier alpha value is -3.82. The first kappa shape index (κ1) is 21.9. The molecule has 0 saturated heterocycles. The third-order valence-corrected chi connectivity index (χ3v) is 4.74. The number of nitrogens with zero attached hydrogens (tertiary/aromatic N) is 1. The van der Waals surface area contributed by atoms with Crippen LogP contribution in [0.3, 0.4) is 0 Å². The van der Waals surface area contributed by atoms with Crippen molar-refractivity contribution in [1.82, 2.24) is 0 Å². The molecule has 156 valence electrons. The van der Waals surface area contributed by atoms with Gasteiger partial charge in [-0.25, -0.2) is 9.18 Å². The molecule has 3 aromatic rings. The number of hydrogen-bond acceptors (Lipinski definition) is 4. The van der Waals surface area contributed by atoms with Gasteiger partial charge in [-0.2, -0.15) is 5.26 Å². The molecule has 0 saturated carbocycles. The number of aromatic carboxylic acids is 1. The van der Waals surface area contributed by atoms with Gasteiger partial charge in [-0.1, -0.05) is 41.9 Å². The normalized spacial score (nSPS) is 11.0. The van der Waals surface area contributed by atoms with Gasteiger partial charge in [0.1, 0.15) is 12.4 Å². The largest absolute Gasteiger partial charge is 0.493 e. The molecule has 0 aromatic heterocycles. The van der Waals surface area contributed by atoms with Gasteiger partial charge in [0.2, 0.25) is 0 Å². The second-order valence-corrected chi connectivity index (χ2v) is 6.87. The topological polar surface area (TPSA) is 79.5 Å². The number of carbonyl (C=O) groups is 1. The Balaban J connectivity index is 1.89. The molecule has 0 aliphatic heterocycles. The van der Waals surface area contributed by atoms with E-state index in [0.29, 0.717) is 28.0 Å². The highest BCUT2D eigenvalue weighted by Crippen LogP contribution is 2.38. The molecule has 0 bridgehead atoms. The van der Waals surface area contributed by atoms with Crippen LogP contribution in [0.4, 0.5) is 4.39 Å². The van der Waals surface area contributed by atoms with Crippen molar-refractivity contribution < 1.29 is 23.8 Å². The van der Waals surface area contributed by atoms with E-state index in [2.05, 4.69) is 6.07 Å². The fraction of sp³-hybridized carbons (Fsp3) is 0.0833. The quantitative estimate of drug-likeness (QED) is 0.371. The zero-order valence-corrected chi connectivity index (χ0v) is 17.2. The minimum Gasteiger partial charge on any atom is -0.493 e. The highest BCUT2D eigenvalue weighted by atomic mass is 35.5. The van der Waals surface area contributed by atoms with Crippen LogP contribution in [0.25, 0.3) is 11.6 Å². The van der Waals surface area contributed by atoms with Gasteiger partial charge in [0.05, 0.1) is 29.3 Å². The maximum absolute atomic E-state index is 13.8. The minimum absolute atomic E-state index is 0.0304. The number of hydrogen-bond donors (Lipinski definition) is 1.